The minimum absolute atomic E-state index is 0.495. The second-order valence-electron chi connectivity index (χ2n) is 3.24. The number of nitrogen functional groups attached to an aromatic ring is 1. The number of nitrogens with two attached hydrogens (primary N) is 1. The molecule has 2 N–H and O–H groups in total. The largest absolute Gasteiger partial charge is 0.381 e. The van der Waals surface area contributed by atoms with Crippen LogP contribution in [0, 0.1) is 9.49 Å². The van der Waals surface area contributed by atoms with E-state index < -0.39 is 0 Å². The number of ether oxygens (including phenoxy) is 1. The first kappa shape index (κ1) is 9.26. The van der Waals surface area contributed by atoms with Crippen LogP contribution in [0.4, 0.5) is 5.82 Å². The molecule has 0 amide bonds. The summed E-state index contributed by atoms with van der Waals surface area (Å²) in [5, 5.41) is 3.71. The van der Waals surface area contributed by atoms with Crippen molar-refractivity contribution < 1.29 is 9.26 Å². The maximum atomic E-state index is 5.57. The van der Waals surface area contributed by atoms with Gasteiger partial charge < -0.3 is 15.0 Å². The molecule has 1 aromatic rings. The summed E-state index contributed by atoms with van der Waals surface area (Å²) in [6.45, 7) is 1.70. The van der Waals surface area contributed by atoms with Gasteiger partial charge >= 0.3 is 0 Å². The molecule has 1 aliphatic heterocycles. The first-order valence-corrected chi connectivity index (χ1v) is 5.32. The van der Waals surface area contributed by atoms with Crippen molar-refractivity contribution in [3.8, 4) is 0 Å². The molecule has 0 bridgehead atoms. The summed E-state index contributed by atoms with van der Waals surface area (Å²) in [5.41, 5.74) is 5.57. The zero-order valence-corrected chi connectivity index (χ0v) is 9.28. The quantitative estimate of drug-likeness (QED) is 0.838. The Morgan fingerprint density at radius 2 is 2.46 bits per heavy atom. The molecule has 0 saturated carbocycles. The van der Waals surface area contributed by atoms with Crippen LogP contribution >= 0.6 is 22.6 Å². The SMILES string of the molecule is Nc1noc(CC2CCOC2)c1I. The summed E-state index contributed by atoms with van der Waals surface area (Å²) in [6.07, 6.45) is 2.00. The molecule has 1 aromatic heterocycles. The summed E-state index contributed by atoms with van der Waals surface area (Å²) in [5.74, 6) is 1.96. The zero-order valence-electron chi connectivity index (χ0n) is 7.12. The lowest BCUT2D eigenvalue weighted by Crippen LogP contribution is -2.03. The van der Waals surface area contributed by atoms with Crippen molar-refractivity contribution in [1.29, 1.82) is 0 Å². The first-order valence-electron chi connectivity index (χ1n) is 4.24. The molecule has 1 unspecified atom stereocenters. The van der Waals surface area contributed by atoms with Crippen LogP contribution in [0.25, 0.3) is 0 Å². The number of aromatic nitrogens is 1. The second kappa shape index (κ2) is 3.83. The molecule has 5 heteroatoms. The maximum Gasteiger partial charge on any atom is 0.180 e. The van der Waals surface area contributed by atoms with Gasteiger partial charge in [-0.2, -0.15) is 0 Å². The maximum absolute atomic E-state index is 5.57. The van der Waals surface area contributed by atoms with Crippen LogP contribution in [-0.4, -0.2) is 18.4 Å². The van der Waals surface area contributed by atoms with Gasteiger partial charge in [0.25, 0.3) is 0 Å². The van der Waals surface area contributed by atoms with Crippen molar-refractivity contribution in [2.24, 2.45) is 5.92 Å². The van der Waals surface area contributed by atoms with Crippen molar-refractivity contribution in [2.45, 2.75) is 12.8 Å². The van der Waals surface area contributed by atoms with Crippen LogP contribution in [0.15, 0.2) is 4.52 Å². The average Bonchev–Trinajstić information content (AvgIpc) is 2.71. The Morgan fingerprint density at radius 1 is 1.62 bits per heavy atom. The van der Waals surface area contributed by atoms with E-state index in [-0.39, 0.29) is 0 Å². The second-order valence-corrected chi connectivity index (χ2v) is 4.32. The summed E-state index contributed by atoms with van der Waals surface area (Å²) in [7, 11) is 0. The number of rotatable bonds is 2. The molecule has 0 aromatic carbocycles. The Morgan fingerprint density at radius 3 is 3.00 bits per heavy atom. The highest BCUT2D eigenvalue weighted by Crippen LogP contribution is 2.24. The van der Waals surface area contributed by atoms with Gasteiger partial charge in [-0.1, -0.05) is 5.16 Å². The fourth-order valence-electron chi connectivity index (χ4n) is 1.46. The van der Waals surface area contributed by atoms with Gasteiger partial charge in [0.1, 0.15) is 0 Å². The Hall–Kier alpha value is -0.300. The summed E-state index contributed by atoms with van der Waals surface area (Å²) >= 11 is 2.16. The van der Waals surface area contributed by atoms with E-state index in [4.69, 9.17) is 15.0 Å². The van der Waals surface area contributed by atoms with E-state index in [0.717, 1.165) is 35.4 Å². The van der Waals surface area contributed by atoms with E-state index in [2.05, 4.69) is 27.7 Å². The Labute approximate surface area is 89.9 Å². The van der Waals surface area contributed by atoms with E-state index in [0.29, 0.717) is 11.7 Å². The molecule has 2 heterocycles. The normalized spacial score (nSPS) is 22.4. The van der Waals surface area contributed by atoms with Crippen LogP contribution in [0.2, 0.25) is 0 Å². The number of halogens is 1. The Kier molecular flexibility index (Phi) is 2.73. The van der Waals surface area contributed by atoms with Crippen LogP contribution < -0.4 is 5.73 Å². The average molecular weight is 294 g/mol. The van der Waals surface area contributed by atoms with E-state index in [9.17, 15) is 0 Å². The predicted molar refractivity (Wildman–Crippen MR) is 56.3 cm³/mol. The Bertz CT molecular complexity index is 294. The van der Waals surface area contributed by atoms with Gasteiger partial charge in [0.2, 0.25) is 0 Å². The van der Waals surface area contributed by atoms with E-state index in [1.54, 1.807) is 0 Å². The Balaban J connectivity index is 2.04. The lowest BCUT2D eigenvalue weighted by atomic mass is 10.0. The molecule has 1 atom stereocenters. The monoisotopic (exact) mass is 294 g/mol. The van der Waals surface area contributed by atoms with Crippen molar-refractivity contribution in [3.63, 3.8) is 0 Å². The van der Waals surface area contributed by atoms with E-state index >= 15 is 0 Å². The number of nitrogens with zero attached hydrogens (tertiary/aromatic N) is 1. The molecule has 1 aliphatic rings. The van der Waals surface area contributed by atoms with E-state index in [1.165, 1.54) is 0 Å². The van der Waals surface area contributed by atoms with Crippen molar-refractivity contribution >= 4 is 28.4 Å². The lowest BCUT2D eigenvalue weighted by molar-refractivity contribution is 0.184. The standard InChI is InChI=1S/C8H11IN2O2/c9-7-6(13-11-8(7)10)3-5-1-2-12-4-5/h5H,1-4H2,(H2,10,11). The number of hydrogen-bond acceptors (Lipinski definition) is 4. The summed E-state index contributed by atoms with van der Waals surface area (Å²) < 4.78 is 11.3. The molecule has 2 rings (SSSR count). The van der Waals surface area contributed by atoms with Gasteiger partial charge in [0.05, 0.1) is 3.57 Å². The predicted octanol–water partition coefficient (Wildman–Crippen LogP) is 1.44. The molecule has 13 heavy (non-hydrogen) atoms. The molecule has 0 spiro atoms. The lowest BCUT2D eigenvalue weighted by Gasteiger charge is -2.02. The molecular weight excluding hydrogens is 283 g/mol. The van der Waals surface area contributed by atoms with Crippen LogP contribution in [0.1, 0.15) is 12.2 Å². The third-order valence-electron chi connectivity index (χ3n) is 2.22. The third kappa shape index (κ3) is 1.96. The van der Waals surface area contributed by atoms with E-state index in [1.807, 2.05) is 0 Å². The zero-order chi connectivity index (χ0) is 9.26. The molecule has 0 radical (unpaired) electrons. The molecule has 1 fully saturated rings. The van der Waals surface area contributed by atoms with Crippen molar-refractivity contribution in [3.05, 3.63) is 9.33 Å². The van der Waals surface area contributed by atoms with Gasteiger partial charge in [0.15, 0.2) is 11.6 Å². The molecule has 72 valence electrons. The minimum atomic E-state index is 0.495. The summed E-state index contributed by atoms with van der Waals surface area (Å²) in [4.78, 5) is 0. The van der Waals surface area contributed by atoms with Gasteiger partial charge in [-0.05, 0) is 34.9 Å². The highest BCUT2D eigenvalue weighted by Gasteiger charge is 2.20. The fraction of sp³-hybridized carbons (Fsp3) is 0.625. The number of hydrogen-bond donors (Lipinski definition) is 1. The molecule has 1 saturated heterocycles. The number of anilines is 1. The molecule has 0 aliphatic carbocycles. The molecular formula is C8H11IN2O2. The van der Waals surface area contributed by atoms with Gasteiger partial charge in [-0.25, -0.2) is 0 Å². The smallest absolute Gasteiger partial charge is 0.180 e. The summed E-state index contributed by atoms with van der Waals surface area (Å²) in [6, 6.07) is 0. The molecule has 4 nitrogen and oxygen atoms in total. The van der Waals surface area contributed by atoms with Crippen LogP contribution in [0.5, 0.6) is 0 Å². The van der Waals surface area contributed by atoms with Crippen molar-refractivity contribution in [1.82, 2.24) is 5.16 Å². The topological polar surface area (TPSA) is 61.3 Å². The highest BCUT2D eigenvalue weighted by molar-refractivity contribution is 14.1. The van der Waals surface area contributed by atoms with Crippen LogP contribution in [-0.2, 0) is 11.2 Å². The first-order chi connectivity index (χ1) is 6.27. The van der Waals surface area contributed by atoms with Crippen molar-refractivity contribution in [2.75, 3.05) is 18.9 Å². The minimum Gasteiger partial charge on any atom is -0.381 e. The van der Waals surface area contributed by atoms with Gasteiger partial charge in [-0.15, -0.1) is 0 Å². The van der Waals surface area contributed by atoms with Gasteiger partial charge in [-0.3, -0.25) is 0 Å². The fourth-order valence-corrected chi connectivity index (χ4v) is 1.88. The highest BCUT2D eigenvalue weighted by atomic mass is 127. The van der Waals surface area contributed by atoms with Gasteiger partial charge in [0, 0.05) is 19.6 Å². The van der Waals surface area contributed by atoms with Crippen LogP contribution in [0.3, 0.4) is 0 Å². The third-order valence-corrected chi connectivity index (χ3v) is 3.38.